The highest BCUT2D eigenvalue weighted by Gasteiger charge is 2.30. The van der Waals surface area contributed by atoms with Crippen LogP contribution in [0.3, 0.4) is 0 Å². The van der Waals surface area contributed by atoms with Crippen LogP contribution in [0, 0.1) is 17.7 Å². The van der Waals surface area contributed by atoms with Gasteiger partial charge in [-0.3, -0.25) is 4.79 Å². The molecule has 104 valence electrons. The Balaban J connectivity index is 2.07. The second-order valence-corrected chi connectivity index (χ2v) is 5.85. The molecule has 3 nitrogen and oxygen atoms in total. The van der Waals surface area contributed by atoms with Crippen molar-refractivity contribution in [2.45, 2.75) is 25.7 Å². The molecule has 0 heterocycles. The predicted octanol–water partition coefficient (Wildman–Crippen LogP) is 3.29. The number of benzene rings is 1. The maximum absolute atomic E-state index is 13.0. The Morgan fingerprint density at radius 2 is 2.16 bits per heavy atom. The summed E-state index contributed by atoms with van der Waals surface area (Å²) in [5.41, 5.74) is 6.34. The second kappa shape index (κ2) is 6.48. The first-order chi connectivity index (χ1) is 9.11. The van der Waals surface area contributed by atoms with Crippen molar-refractivity contribution in [2.75, 3.05) is 11.9 Å². The number of carbonyl (C=O) groups is 1. The smallest absolute Gasteiger partial charge is 0.227 e. The number of nitrogens with two attached hydrogens (primary N) is 1. The summed E-state index contributed by atoms with van der Waals surface area (Å²) in [5, 5.41) is 2.86. The summed E-state index contributed by atoms with van der Waals surface area (Å²) in [5.74, 6) is -0.117. The van der Waals surface area contributed by atoms with Gasteiger partial charge in [0, 0.05) is 10.4 Å². The zero-order valence-corrected chi connectivity index (χ0v) is 12.2. The topological polar surface area (TPSA) is 55.1 Å². The van der Waals surface area contributed by atoms with E-state index >= 15 is 0 Å². The van der Waals surface area contributed by atoms with Crippen molar-refractivity contribution in [2.24, 2.45) is 17.6 Å². The molecule has 5 heteroatoms. The predicted molar refractivity (Wildman–Crippen MR) is 77.2 cm³/mol. The van der Waals surface area contributed by atoms with Gasteiger partial charge in [0.05, 0.1) is 5.69 Å². The molecule has 1 aliphatic rings. The van der Waals surface area contributed by atoms with Crippen LogP contribution in [0.25, 0.3) is 0 Å². The molecule has 0 saturated heterocycles. The molecule has 19 heavy (non-hydrogen) atoms. The van der Waals surface area contributed by atoms with E-state index in [0.29, 0.717) is 16.7 Å². The lowest BCUT2D eigenvalue weighted by molar-refractivity contribution is -0.122. The van der Waals surface area contributed by atoms with Crippen LogP contribution >= 0.6 is 15.9 Å². The largest absolute Gasteiger partial charge is 0.330 e. The van der Waals surface area contributed by atoms with E-state index in [1.807, 2.05) is 0 Å². The van der Waals surface area contributed by atoms with Gasteiger partial charge in [0.25, 0.3) is 0 Å². The van der Waals surface area contributed by atoms with Crippen molar-refractivity contribution in [3.05, 3.63) is 28.5 Å². The first-order valence-corrected chi connectivity index (χ1v) is 7.37. The zero-order chi connectivity index (χ0) is 13.8. The molecule has 3 N–H and O–H groups in total. The van der Waals surface area contributed by atoms with Gasteiger partial charge in [-0.25, -0.2) is 4.39 Å². The third-order valence-electron chi connectivity index (χ3n) is 3.74. The molecule has 1 saturated carbocycles. The van der Waals surface area contributed by atoms with Crippen molar-refractivity contribution in [3.63, 3.8) is 0 Å². The van der Waals surface area contributed by atoms with Crippen molar-refractivity contribution in [1.29, 1.82) is 0 Å². The standard InChI is InChI=1S/C14H18BrFN2O/c15-12-7-10(16)5-6-13(12)18-14(19)11-4-2-1-3-9(11)8-17/h5-7,9,11H,1-4,8,17H2,(H,18,19). The molecule has 0 bridgehead atoms. The molecular formula is C14H18BrFN2O. The summed E-state index contributed by atoms with van der Waals surface area (Å²) in [4.78, 5) is 12.3. The van der Waals surface area contributed by atoms with Gasteiger partial charge in [-0.2, -0.15) is 0 Å². The van der Waals surface area contributed by atoms with Gasteiger partial charge in [-0.1, -0.05) is 12.8 Å². The lowest BCUT2D eigenvalue weighted by atomic mass is 9.78. The Bertz CT molecular complexity index is 467. The molecule has 2 atom stereocenters. The van der Waals surface area contributed by atoms with Gasteiger partial charge >= 0.3 is 0 Å². The van der Waals surface area contributed by atoms with E-state index in [2.05, 4.69) is 21.2 Å². The van der Waals surface area contributed by atoms with Gasteiger partial charge in [0.2, 0.25) is 5.91 Å². The fraction of sp³-hybridized carbons (Fsp3) is 0.500. The highest BCUT2D eigenvalue weighted by molar-refractivity contribution is 9.10. The first kappa shape index (κ1) is 14.5. The Kier molecular flexibility index (Phi) is 4.93. The normalized spacial score (nSPS) is 23.1. The van der Waals surface area contributed by atoms with Crippen LogP contribution in [-0.4, -0.2) is 12.5 Å². The van der Waals surface area contributed by atoms with Crippen LogP contribution in [0.1, 0.15) is 25.7 Å². The number of nitrogens with one attached hydrogen (secondary N) is 1. The van der Waals surface area contributed by atoms with E-state index < -0.39 is 0 Å². The van der Waals surface area contributed by atoms with Crippen LogP contribution in [0.15, 0.2) is 22.7 Å². The zero-order valence-electron chi connectivity index (χ0n) is 10.7. The van der Waals surface area contributed by atoms with Crippen LogP contribution in [0.5, 0.6) is 0 Å². The molecule has 1 fully saturated rings. The maximum Gasteiger partial charge on any atom is 0.227 e. The van der Waals surface area contributed by atoms with E-state index in [-0.39, 0.29) is 23.6 Å². The molecular weight excluding hydrogens is 311 g/mol. The molecule has 1 aromatic carbocycles. The van der Waals surface area contributed by atoms with Crippen LogP contribution in [0.2, 0.25) is 0 Å². The average Bonchev–Trinajstić information content (AvgIpc) is 2.41. The Labute approximate surface area is 120 Å². The van der Waals surface area contributed by atoms with Crippen molar-refractivity contribution in [3.8, 4) is 0 Å². The molecule has 0 spiro atoms. The highest BCUT2D eigenvalue weighted by atomic mass is 79.9. The van der Waals surface area contributed by atoms with Gasteiger partial charge in [-0.15, -0.1) is 0 Å². The summed E-state index contributed by atoms with van der Waals surface area (Å²) >= 11 is 3.25. The minimum Gasteiger partial charge on any atom is -0.330 e. The Morgan fingerprint density at radius 3 is 2.84 bits per heavy atom. The van der Waals surface area contributed by atoms with E-state index in [1.165, 1.54) is 12.1 Å². The molecule has 0 aliphatic heterocycles. The summed E-state index contributed by atoms with van der Waals surface area (Å²) in [7, 11) is 0. The molecule has 1 amide bonds. The van der Waals surface area contributed by atoms with Crippen molar-refractivity contribution >= 4 is 27.5 Å². The number of amides is 1. The summed E-state index contributed by atoms with van der Waals surface area (Å²) < 4.78 is 13.6. The monoisotopic (exact) mass is 328 g/mol. The van der Waals surface area contributed by atoms with E-state index in [0.717, 1.165) is 25.7 Å². The maximum atomic E-state index is 13.0. The first-order valence-electron chi connectivity index (χ1n) is 6.58. The average molecular weight is 329 g/mol. The Morgan fingerprint density at radius 1 is 1.42 bits per heavy atom. The molecule has 2 rings (SSSR count). The summed E-state index contributed by atoms with van der Waals surface area (Å²) in [6, 6.07) is 4.25. The fourth-order valence-corrected chi connectivity index (χ4v) is 3.10. The molecule has 2 unspecified atom stereocenters. The SMILES string of the molecule is NCC1CCCCC1C(=O)Nc1ccc(F)cc1Br. The van der Waals surface area contributed by atoms with Crippen LogP contribution < -0.4 is 11.1 Å². The van der Waals surface area contributed by atoms with Gasteiger partial charge in [0.15, 0.2) is 0 Å². The number of anilines is 1. The third kappa shape index (κ3) is 3.54. The number of rotatable bonds is 3. The number of hydrogen-bond donors (Lipinski definition) is 2. The van der Waals surface area contributed by atoms with E-state index in [1.54, 1.807) is 6.07 Å². The summed E-state index contributed by atoms with van der Waals surface area (Å²) in [6.07, 6.45) is 4.11. The van der Waals surface area contributed by atoms with E-state index in [4.69, 9.17) is 5.73 Å². The van der Waals surface area contributed by atoms with Crippen molar-refractivity contribution in [1.82, 2.24) is 0 Å². The molecule has 1 aliphatic carbocycles. The fourth-order valence-electron chi connectivity index (χ4n) is 2.65. The van der Waals surface area contributed by atoms with E-state index in [9.17, 15) is 9.18 Å². The number of carbonyl (C=O) groups excluding carboxylic acids is 1. The van der Waals surface area contributed by atoms with Crippen LogP contribution in [-0.2, 0) is 4.79 Å². The molecule has 0 radical (unpaired) electrons. The van der Waals surface area contributed by atoms with Gasteiger partial charge in [0.1, 0.15) is 5.82 Å². The lowest BCUT2D eigenvalue weighted by Crippen LogP contribution is -2.35. The van der Waals surface area contributed by atoms with Gasteiger partial charge in [-0.05, 0) is 59.4 Å². The Hall–Kier alpha value is -0.940. The minimum absolute atomic E-state index is 0.0116. The number of hydrogen-bond acceptors (Lipinski definition) is 2. The number of halogens is 2. The highest BCUT2D eigenvalue weighted by Crippen LogP contribution is 2.31. The van der Waals surface area contributed by atoms with Gasteiger partial charge < -0.3 is 11.1 Å². The molecule has 1 aromatic rings. The lowest BCUT2D eigenvalue weighted by Gasteiger charge is -2.29. The second-order valence-electron chi connectivity index (χ2n) is 5.00. The molecule has 0 aromatic heterocycles. The van der Waals surface area contributed by atoms with Crippen LogP contribution in [0.4, 0.5) is 10.1 Å². The summed E-state index contributed by atoms with van der Waals surface area (Å²) in [6.45, 7) is 0.544. The van der Waals surface area contributed by atoms with Crippen molar-refractivity contribution < 1.29 is 9.18 Å². The minimum atomic E-state index is -0.331. The quantitative estimate of drug-likeness (QED) is 0.894. The third-order valence-corrected chi connectivity index (χ3v) is 4.39.